The molecule has 0 aliphatic carbocycles. The second-order valence-electron chi connectivity index (χ2n) is 7.44. The average molecular weight is 426 g/mol. The summed E-state index contributed by atoms with van der Waals surface area (Å²) in [5, 5.41) is 13.3. The molecule has 23 heavy (non-hydrogen) atoms. The van der Waals surface area contributed by atoms with Crippen LogP contribution in [0.15, 0.2) is 18.2 Å². The zero-order chi connectivity index (χ0) is 16.0. The maximum Gasteiger partial charge on any atom is 0.273 e. The number of aromatic hydroxyl groups is 1. The average Bonchev–Trinajstić information content (AvgIpc) is 2.79. The number of phenols is 1. The number of hydrogen-bond acceptors (Lipinski definition) is 4. The summed E-state index contributed by atoms with van der Waals surface area (Å²) >= 11 is 2.12. The first kappa shape index (κ1) is 15.8. The second-order valence-corrected chi connectivity index (χ2v) is 8.61. The smallest absolute Gasteiger partial charge is 0.273 e. The van der Waals surface area contributed by atoms with Crippen molar-refractivity contribution in [3.05, 3.63) is 27.3 Å². The van der Waals surface area contributed by atoms with E-state index in [-0.39, 0.29) is 12.0 Å². The van der Waals surface area contributed by atoms with E-state index in [1.807, 2.05) is 12.1 Å². The van der Waals surface area contributed by atoms with E-state index in [1.165, 1.54) is 38.5 Å². The summed E-state index contributed by atoms with van der Waals surface area (Å²) in [7, 11) is 0. The molecule has 0 saturated carbocycles. The maximum absolute atomic E-state index is 12.5. The highest BCUT2D eigenvalue weighted by Crippen LogP contribution is 2.53. The summed E-state index contributed by atoms with van der Waals surface area (Å²) in [5.74, 6) is 1.29. The molecule has 1 atom stereocenters. The number of rotatable bonds is 2. The van der Waals surface area contributed by atoms with Crippen LogP contribution in [0.5, 0.6) is 5.75 Å². The quantitative estimate of drug-likeness (QED) is 0.561. The van der Waals surface area contributed by atoms with Crippen molar-refractivity contribution in [2.24, 2.45) is 0 Å². The standard InChI is InChI=1S/C17H22BINO3/c19-14-9-11(7-8-16(14)21)10-15-17(22)23-18(20-15)12-3-1-4-13(18)6-2-5-12/h7-9,12-13,15,20-21H,1-6,10H2/q-1/t12?,13?,15-,18?/m0/s1. The predicted molar refractivity (Wildman–Crippen MR) is 98.5 cm³/mol. The largest absolute Gasteiger partial charge is 0.673 e. The van der Waals surface area contributed by atoms with Gasteiger partial charge in [-0.3, -0.25) is 4.79 Å². The monoisotopic (exact) mass is 426 g/mol. The minimum atomic E-state index is -1.17. The molecule has 3 fully saturated rings. The molecule has 3 heterocycles. The molecule has 0 radical (unpaired) electrons. The molecular weight excluding hydrogens is 404 g/mol. The molecule has 1 spiro atoms. The number of carbonyl (C=O) groups excluding carboxylic acids is 1. The normalized spacial score (nSPS) is 36.2. The summed E-state index contributed by atoms with van der Waals surface area (Å²) in [4.78, 5) is 12.5. The molecule has 3 aliphatic rings. The van der Waals surface area contributed by atoms with E-state index >= 15 is 0 Å². The fourth-order valence-electron chi connectivity index (χ4n) is 5.16. The fraction of sp³-hybridized carbons (Fsp3) is 0.588. The Balaban J connectivity index is 1.55. The van der Waals surface area contributed by atoms with Gasteiger partial charge in [0.2, 0.25) is 6.48 Å². The lowest BCUT2D eigenvalue weighted by molar-refractivity contribution is -0.134. The van der Waals surface area contributed by atoms with Gasteiger partial charge in [0.05, 0.1) is 9.61 Å². The van der Waals surface area contributed by atoms with Gasteiger partial charge in [-0.25, -0.2) is 0 Å². The van der Waals surface area contributed by atoms with Crippen LogP contribution in [0, 0.1) is 3.57 Å². The van der Waals surface area contributed by atoms with Gasteiger partial charge in [0.1, 0.15) is 5.75 Å². The van der Waals surface area contributed by atoms with Crippen molar-refractivity contribution in [3.8, 4) is 5.75 Å². The number of carbonyl (C=O) groups is 1. The van der Waals surface area contributed by atoms with Gasteiger partial charge >= 0.3 is 0 Å². The first-order valence-corrected chi connectivity index (χ1v) is 9.80. The Labute approximate surface area is 150 Å². The number of benzene rings is 1. The summed E-state index contributed by atoms with van der Waals surface area (Å²) in [6.45, 7) is -1.17. The van der Waals surface area contributed by atoms with Crippen molar-refractivity contribution in [1.29, 1.82) is 0 Å². The van der Waals surface area contributed by atoms with Gasteiger partial charge in [-0.15, -0.1) is 11.6 Å². The van der Waals surface area contributed by atoms with Crippen molar-refractivity contribution in [1.82, 2.24) is 5.23 Å². The van der Waals surface area contributed by atoms with Crippen molar-refractivity contribution in [2.75, 3.05) is 0 Å². The summed E-state index contributed by atoms with van der Waals surface area (Å²) < 4.78 is 6.88. The van der Waals surface area contributed by atoms with Crippen LogP contribution in [0.1, 0.15) is 44.1 Å². The van der Waals surface area contributed by atoms with Crippen LogP contribution in [-0.2, 0) is 15.9 Å². The van der Waals surface area contributed by atoms with Gasteiger partial charge in [0.25, 0.3) is 5.97 Å². The number of phenolic OH excluding ortho intramolecular Hbond substituents is 1. The lowest BCUT2D eigenvalue weighted by Gasteiger charge is -2.55. The topological polar surface area (TPSA) is 58.6 Å². The van der Waals surface area contributed by atoms with Crippen LogP contribution in [0.3, 0.4) is 0 Å². The Bertz CT molecular complexity index is 616. The van der Waals surface area contributed by atoms with Crippen LogP contribution in [0.25, 0.3) is 0 Å². The first-order chi connectivity index (χ1) is 11.1. The van der Waals surface area contributed by atoms with Gasteiger partial charge in [-0.05, 0) is 46.7 Å². The highest BCUT2D eigenvalue weighted by molar-refractivity contribution is 14.1. The molecule has 0 amide bonds. The minimum Gasteiger partial charge on any atom is -0.673 e. The Hall–Kier alpha value is -0.755. The van der Waals surface area contributed by atoms with Gasteiger partial charge in [-0.2, -0.15) is 0 Å². The highest BCUT2D eigenvalue weighted by Gasteiger charge is 2.53. The number of nitrogens with one attached hydrogen (secondary N) is 1. The number of hydrogen-bond donors (Lipinski definition) is 2. The van der Waals surface area contributed by atoms with E-state index in [4.69, 9.17) is 4.65 Å². The Kier molecular flexibility index (Phi) is 4.08. The SMILES string of the molecule is O=C1O[B-]2(N[C@H]1Cc1ccc(O)c(I)c1)C1CCCC2CCC1. The second kappa shape index (κ2) is 5.95. The van der Waals surface area contributed by atoms with E-state index in [0.717, 1.165) is 9.13 Å². The van der Waals surface area contributed by atoms with Crippen molar-refractivity contribution >= 4 is 35.0 Å². The van der Waals surface area contributed by atoms with E-state index in [2.05, 4.69) is 27.8 Å². The molecule has 4 nitrogen and oxygen atoms in total. The van der Waals surface area contributed by atoms with Crippen molar-refractivity contribution in [3.63, 3.8) is 0 Å². The molecule has 6 heteroatoms. The van der Waals surface area contributed by atoms with Gasteiger partial charge < -0.3 is 15.0 Å². The molecule has 0 aromatic heterocycles. The summed E-state index contributed by atoms with van der Waals surface area (Å²) in [6, 6.07) is 5.31. The fourth-order valence-corrected chi connectivity index (χ4v) is 5.74. The molecule has 124 valence electrons. The van der Waals surface area contributed by atoms with Crippen LogP contribution in [0.4, 0.5) is 0 Å². The van der Waals surface area contributed by atoms with Crippen LogP contribution >= 0.6 is 22.6 Å². The molecule has 1 aromatic rings. The van der Waals surface area contributed by atoms with Gasteiger partial charge in [-0.1, -0.05) is 44.6 Å². The summed E-state index contributed by atoms with van der Waals surface area (Å²) in [5.41, 5.74) is 1.07. The predicted octanol–water partition coefficient (Wildman–Crippen LogP) is 3.60. The molecule has 2 N–H and O–H groups in total. The maximum atomic E-state index is 12.5. The lowest BCUT2D eigenvalue weighted by atomic mass is 9.28. The highest BCUT2D eigenvalue weighted by atomic mass is 127. The van der Waals surface area contributed by atoms with Crippen LogP contribution in [0.2, 0.25) is 11.6 Å². The van der Waals surface area contributed by atoms with Crippen LogP contribution in [-0.4, -0.2) is 23.6 Å². The van der Waals surface area contributed by atoms with Gasteiger partial charge in [0.15, 0.2) is 0 Å². The molecule has 3 aliphatic heterocycles. The lowest BCUT2D eigenvalue weighted by Crippen LogP contribution is -2.60. The van der Waals surface area contributed by atoms with Crippen molar-refractivity contribution < 1.29 is 14.6 Å². The Morgan fingerprint density at radius 3 is 2.48 bits per heavy atom. The third-order valence-corrected chi connectivity index (χ3v) is 7.07. The molecule has 4 rings (SSSR count). The van der Waals surface area contributed by atoms with Gasteiger partial charge in [0, 0.05) is 0 Å². The molecule has 3 saturated heterocycles. The van der Waals surface area contributed by atoms with Crippen LogP contribution < -0.4 is 5.23 Å². The molecular formula is C17H22BINO3-. The first-order valence-electron chi connectivity index (χ1n) is 8.72. The zero-order valence-corrected chi connectivity index (χ0v) is 15.3. The van der Waals surface area contributed by atoms with E-state index in [1.54, 1.807) is 6.07 Å². The third-order valence-electron chi connectivity index (χ3n) is 6.21. The third kappa shape index (κ3) is 2.67. The number of halogens is 1. The van der Waals surface area contributed by atoms with E-state index in [0.29, 0.717) is 23.8 Å². The Morgan fingerprint density at radius 2 is 1.87 bits per heavy atom. The summed E-state index contributed by atoms with van der Waals surface area (Å²) in [6.07, 6.45) is 7.97. The minimum absolute atomic E-state index is 0.0770. The molecule has 0 unspecified atom stereocenters. The molecule has 2 bridgehead atoms. The Morgan fingerprint density at radius 1 is 1.22 bits per heavy atom. The van der Waals surface area contributed by atoms with E-state index < -0.39 is 6.48 Å². The van der Waals surface area contributed by atoms with E-state index in [9.17, 15) is 9.90 Å². The zero-order valence-electron chi connectivity index (χ0n) is 13.1. The molecule has 1 aromatic carbocycles. The van der Waals surface area contributed by atoms with Crippen molar-refractivity contribution in [2.45, 2.75) is 62.6 Å².